The second-order valence-electron chi connectivity index (χ2n) is 4.28. The summed E-state index contributed by atoms with van der Waals surface area (Å²) in [6.45, 7) is 0.354. The SMILES string of the molecule is C[N+](C)(C)CN1C(=O)CC(=S)NC1=O. The van der Waals surface area contributed by atoms with Crippen LogP contribution in [0.15, 0.2) is 0 Å². The minimum atomic E-state index is -0.417. The molecule has 0 aliphatic carbocycles. The number of nitrogens with one attached hydrogen (secondary N) is 1. The molecule has 0 aromatic rings. The van der Waals surface area contributed by atoms with Crippen LogP contribution in [0.5, 0.6) is 0 Å². The van der Waals surface area contributed by atoms with Gasteiger partial charge in [-0.3, -0.25) is 4.79 Å². The Hall–Kier alpha value is -1.01. The van der Waals surface area contributed by atoms with Gasteiger partial charge in [-0.15, -0.1) is 0 Å². The van der Waals surface area contributed by atoms with E-state index in [2.05, 4.69) is 5.32 Å². The zero-order valence-electron chi connectivity index (χ0n) is 8.53. The van der Waals surface area contributed by atoms with Gasteiger partial charge in [-0.05, 0) is 0 Å². The molecule has 1 saturated heterocycles. The van der Waals surface area contributed by atoms with Crippen LogP contribution in [0.1, 0.15) is 6.42 Å². The normalized spacial score (nSPS) is 18.5. The number of carbonyl (C=O) groups is 2. The predicted molar refractivity (Wildman–Crippen MR) is 55.5 cm³/mol. The molecule has 1 aliphatic rings. The summed E-state index contributed by atoms with van der Waals surface area (Å²) in [6.07, 6.45) is 0.126. The largest absolute Gasteiger partial charge is 0.333 e. The summed E-state index contributed by atoms with van der Waals surface area (Å²) in [4.78, 5) is 24.3. The molecule has 5 nitrogen and oxygen atoms in total. The van der Waals surface area contributed by atoms with Crippen molar-refractivity contribution in [3.8, 4) is 0 Å². The van der Waals surface area contributed by atoms with Crippen LogP contribution < -0.4 is 5.32 Å². The second-order valence-corrected chi connectivity index (χ2v) is 4.78. The van der Waals surface area contributed by atoms with Crippen LogP contribution in [0.2, 0.25) is 0 Å². The lowest BCUT2D eigenvalue weighted by Gasteiger charge is -2.32. The van der Waals surface area contributed by atoms with Crippen LogP contribution in [-0.4, -0.2) is 54.1 Å². The van der Waals surface area contributed by atoms with Crippen LogP contribution in [0.4, 0.5) is 4.79 Å². The second kappa shape index (κ2) is 3.62. The van der Waals surface area contributed by atoms with Gasteiger partial charge in [-0.2, -0.15) is 0 Å². The van der Waals surface area contributed by atoms with Crippen LogP contribution in [-0.2, 0) is 4.79 Å². The number of hydrogen-bond acceptors (Lipinski definition) is 3. The van der Waals surface area contributed by atoms with Crippen molar-refractivity contribution in [3.05, 3.63) is 0 Å². The van der Waals surface area contributed by atoms with E-state index in [1.807, 2.05) is 21.1 Å². The summed E-state index contributed by atoms with van der Waals surface area (Å²) in [5.74, 6) is -0.230. The van der Waals surface area contributed by atoms with Crippen molar-refractivity contribution in [1.82, 2.24) is 10.2 Å². The molecule has 0 saturated carbocycles. The molecule has 78 valence electrons. The van der Waals surface area contributed by atoms with Gasteiger partial charge < -0.3 is 9.80 Å². The van der Waals surface area contributed by atoms with Crippen molar-refractivity contribution in [3.63, 3.8) is 0 Å². The summed E-state index contributed by atoms with van der Waals surface area (Å²) in [5, 5.41) is 2.47. The number of urea groups is 1. The molecular formula is C8H14N3O2S+. The first-order valence-corrected chi connectivity index (χ1v) is 4.65. The Morgan fingerprint density at radius 2 is 2.00 bits per heavy atom. The smallest absolute Gasteiger partial charge is 0.313 e. The Balaban J connectivity index is 2.73. The molecule has 1 N–H and O–H groups in total. The third kappa shape index (κ3) is 2.74. The summed E-state index contributed by atoms with van der Waals surface area (Å²) in [7, 11) is 5.73. The van der Waals surface area contributed by atoms with Crippen LogP contribution in [0, 0.1) is 0 Å². The van der Waals surface area contributed by atoms with E-state index < -0.39 is 6.03 Å². The topological polar surface area (TPSA) is 49.4 Å². The molecule has 3 amide bonds. The van der Waals surface area contributed by atoms with Gasteiger partial charge in [0.15, 0.2) is 6.67 Å². The zero-order chi connectivity index (χ0) is 10.9. The summed E-state index contributed by atoms with van der Waals surface area (Å²) >= 11 is 4.77. The van der Waals surface area contributed by atoms with Crippen LogP contribution in [0.3, 0.4) is 0 Å². The van der Waals surface area contributed by atoms with Crippen LogP contribution in [0.25, 0.3) is 0 Å². The molecule has 0 aromatic heterocycles. The number of nitrogens with zero attached hydrogens (tertiary/aromatic N) is 2. The molecule has 0 unspecified atom stereocenters. The quantitative estimate of drug-likeness (QED) is 0.519. The van der Waals surface area contributed by atoms with Crippen molar-refractivity contribution in [2.45, 2.75) is 6.42 Å². The summed E-state index contributed by atoms with van der Waals surface area (Å²) < 4.78 is 0.520. The highest BCUT2D eigenvalue weighted by atomic mass is 32.1. The predicted octanol–water partition coefficient (Wildman–Crippen LogP) is -0.0806. The highest BCUT2D eigenvalue weighted by Crippen LogP contribution is 2.06. The Morgan fingerprint density at radius 1 is 1.43 bits per heavy atom. The van der Waals surface area contributed by atoms with Gasteiger partial charge in [-0.25, -0.2) is 9.69 Å². The number of thiocarbonyl (C=S) groups is 1. The van der Waals surface area contributed by atoms with Crippen molar-refractivity contribution in [1.29, 1.82) is 0 Å². The monoisotopic (exact) mass is 216 g/mol. The maximum Gasteiger partial charge on any atom is 0.333 e. The van der Waals surface area contributed by atoms with E-state index in [1.54, 1.807) is 0 Å². The fourth-order valence-electron chi connectivity index (χ4n) is 1.14. The van der Waals surface area contributed by atoms with Crippen molar-refractivity contribution in [2.75, 3.05) is 27.8 Å². The van der Waals surface area contributed by atoms with E-state index in [0.717, 1.165) is 0 Å². The molecule has 0 aromatic carbocycles. The number of hydrogen-bond donors (Lipinski definition) is 1. The Kier molecular flexibility index (Phi) is 2.86. The first-order chi connectivity index (χ1) is 6.29. The maximum absolute atomic E-state index is 11.5. The number of amides is 3. The van der Waals surface area contributed by atoms with E-state index in [9.17, 15) is 9.59 Å². The summed E-state index contributed by atoms with van der Waals surface area (Å²) in [6, 6.07) is -0.417. The molecule has 1 heterocycles. The molecule has 14 heavy (non-hydrogen) atoms. The zero-order valence-corrected chi connectivity index (χ0v) is 9.35. The highest BCUT2D eigenvalue weighted by Gasteiger charge is 2.32. The van der Waals surface area contributed by atoms with E-state index >= 15 is 0 Å². The highest BCUT2D eigenvalue weighted by molar-refractivity contribution is 7.80. The third-order valence-electron chi connectivity index (χ3n) is 1.67. The van der Waals surface area contributed by atoms with E-state index in [1.165, 1.54) is 4.90 Å². The van der Waals surface area contributed by atoms with Crippen molar-refractivity contribution in [2.24, 2.45) is 0 Å². The number of rotatable bonds is 2. The Morgan fingerprint density at radius 3 is 2.43 bits per heavy atom. The van der Waals surface area contributed by atoms with Crippen molar-refractivity contribution >= 4 is 29.1 Å². The van der Waals surface area contributed by atoms with Gasteiger partial charge in [0.25, 0.3) is 0 Å². The van der Waals surface area contributed by atoms with E-state index in [-0.39, 0.29) is 12.3 Å². The Labute approximate surface area is 88.2 Å². The van der Waals surface area contributed by atoms with Gasteiger partial charge in [0, 0.05) is 0 Å². The van der Waals surface area contributed by atoms with Gasteiger partial charge in [-0.1, -0.05) is 12.2 Å². The molecule has 0 spiro atoms. The van der Waals surface area contributed by atoms with Gasteiger partial charge in [0.05, 0.1) is 32.6 Å². The lowest BCUT2D eigenvalue weighted by atomic mass is 10.3. The minimum absolute atomic E-state index is 0.126. The fourth-order valence-corrected chi connectivity index (χ4v) is 1.36. The molecular weight excluding hydrogens is 202 g/mol. The molecule has 0 radical (unpaired) electrons. The molecule has 1 fully saturated rings. The standard InChI is InChI=1S/C8H13N3O2S/c1-11(2,3)5-10-7(12)4-6(14)9-8(10)13/h4-5H2,1-3H3/p+1. The molecule has 0 bridgehead atoms. The first-order valence-electron chi connectivity index (χ1n) is 4.24. The number of quaternary nitrogens is 1. The van der Waals surface area contributed by atoms with Crippen LogP contribution >= 0.6 is 12.2 Å². The Bertz CT molecular complexity index is 275. The first kappa shape index (κ1) is 11.1. The van der Waals surface area contributed by atoms with Gasteiger partial charge in [0.1, 0.15) is 0 Å². The molecule has 0 atom stereocenters. The number of carbonyl (C=O) groups excluding carboxylic acids is 2. The summed E-state index contributed by atoms with van der Waals surface area (Å²) in [5.41, 5.74) is 0. The van der Waals surface area contributed by atoms with E-state index in [4.69, 9.17) is 12.2 Å². The minimum Gasteiger partial charge on any atom is -0.313 e. The van der Waals surface area contributed by atoms with E-state index in [0.29, 0.717) is 16.1 Å². The molecule has 1 rings (SSSR count). The molecule has 1 aliphatic heterocycles. The lowest BCUT2D eigenvalue weighted by molar-refractivity contribution is -0.877. The third-order valence-corrected chi connectivity index (χ3v) is 1.92. The average molecular weight is 216 g/mol. The van der Waals surface area contributed by atoms with Crippen molar-refractivity contribution < 1.29 is 14.1 Å². The number of imide groups is 1. The fraction of sp³-hybridized carbons (Fsp3) is 0.625. The van der Waals surface area contributed by atoms with Gasteiger partial charge in [0.2, 0.25) is 5.91 Å². The molecule has 6 heteroatoms. The maximum atomic E-state index is 11.5. The van der Waals surface area contributed by atoms with Gasteiger partial charge >= 0.3 is 6.03 Å². The average Bonchev–Trinajstić information content (AvgIpc) is 1.95. The lowest BCUT2D eigenvalue weighted by Crippen LogP contribution is -2.57.